The minimum atomic E-state index is -0.222. The van der Waals surface area contributed by atoms with E-state index in [1.54, 1.807) is 4.90 Å². The quantitative estimate of drug-likeness (QED) is 0.743. The van der Waals surface area contributed by atoms with E-state index in [9.17, 15) is 4.79 Å². The minimum absolute atomic E-state index is 0.0577. The maximum atomic E-state index is 12.0. The van der Waals surface area contributed by atoms with Crippen LogP contribution in [0.25, 0.3) is 0 Å². The van der Waals surface area contributed by atoms with Crippen LogP contribution in [0.1, 0.15) is 30.3 Å². The molecule has 6 heteroatoms. The van der Waals surface area contributed by atoms with Crippen LogP contribution in [0, 0.1) is 0 Å². The van der Waals surface area contributed by atoms with Gasteiger partial charge >= 0.3 is 0 Å². The molecule has 6 nitrogen and oxygen atoms in total. The third-order valence-electron chi connectivity index (χ3n) is 2.33. The summed E-state index contributed by atoms with van der Waals surface area (Å²) in [5.41, 5.74) is 5.66. The van der Waals surface area contributed by atoms with Crippen LogP contribution < -0.4 is 5.73 Å². The monoisotopic (exact) mass is 238 g/mol. The van der Waals surface area contributed by atoms with Crippen molar-refractivity contribution in [2.24, 2.45) is 0 Å². The number of carbonyl (C=O) groups is 1. The number of hydrogen-bond acceptors (Lipinski definition) is 5. The lowest BCUT2D eigenvalue weighted by Gasteiger charge is -2.20. The van der Waals surface area contributed by atoms with Crippen LogP contribution in [-0.4, -0.2) is 45.6 Å². The van der Waals surface area contributed by atoms with Crippen molar-refractivity contribution in [3.8, 4) is 0 Å². The van der Waals surface area contributed by atoms with Crippen molar-refractivity contribution in [3.05, 3.63) is 18.1 Å². The van der Waals surface area contributed by atoms with Crippen molar-refractivity contribution in [2.45, 2.75) is 19.8 Å². The first-order chi connectivity index (χ1) is 8.19. The Hall–Kier alpha value is -1.69. The highest BCUT2D eigenvalue weighted by atomic mass is 16.3. The lowest BCUT2D eigenvalue weighted by molar-refractivity contribution is 0.0713. The van der Waals surface area contributed by atoms with Gasteiger partial charge in [0.2, 0.25) is 0 Å². The fraction of sp³-hybridized carbons (Fsp3) is 0.545. The van der Waals surface area contributed by atoms with E-state index in [0.717, 1.165) is 12.8 Å². The van der Waals surface area contributed by atoms with Crippen molar-refractivity contribution >= 4 is 11.7 Å². The maximum Gasteiger partial charge on any atom is 0.274 e. The molecule has 0 bridgehead atoms. The molecule has 0 aliphatic heterocycles. The van der Waals surface area contributed by atoms with Gasteiger partial charge in [-0.1, -0.05) is 13.3 Å². The molecule has 0 fully saturated rings. The first-order valence-electron chi connectivity index (χ1n) is 5.66. The fourth-order valence-electron chi connectivity index (χ4n) is 1.40. The van der Waals surface area contributed by atoms with E-state index in [1.165, 1.54) is 12.4 Å². The summed E-state index contributed by atoms with van der Waals surface area (Å²) in [6, 6.07) is 0. The van der Waals surface area contributed by atoms with Crippen molar-refractivity contribution in [1.82, 2.24) is 14.9 Å². The zero-order chi connectivity index (χ0) is 12.7. The number of unbranched alkanes of at least 4 members (excludes halogenated alkanes) is 1. The molecule has 1 rings (SSSR count). The van der Waals surface area contributed by atoms with Gasteiger partial charge in [0.15, 0.2) is 0 Å². The number of nitrogens with two attached hydrogens (primary N) is 1. The fourth-order valence-corrected chi connectivity index (χ4v) is 1.40. The second-order valence-corrected chi connectivity index (χ2v) is 3.70. The van der Waals surface area contributed by atoms with E-state index in [-0.39, 0.29) is 24.0 Å². The van der Waals surface area contributed by atoms with E-state index in [4.69, 9.17) is 10.8 Å². The Morgan fingerprint density at radius 1 is 1.41 bits per heavy atom. The van der Waals surface area contributed by atoms with Crippen LogP contribution in [0.4, 0.5) is 5.82 Å². The predicted molar refractivity (Wildman–Crippen MR) is 64.3 cm³/mol. The number of hydrogen-bond donors (Lipinski definition) is 2. The Kier molecular flexibility index (Phi) is 5.35. The lowest BCUT2D eigenvalue weighted by Crippen LogP contribution is -2.35. The second kappa shape index (κ2) is 6.80. The summed E-state index contributed by atoms with van der Waals surface area (Å²) in [4.78, 5) is 21.4. The zero-order valence-electron chi connectivity index (χ0n) is 9.96. The normalized spacial score (nSPS) is 10.2. The Morgan fingerprint density at radius 2 is 2.18 bits per heavy atom. The van der Waals surface area contributed by atoms with Gasteiger partial charge in [-0.2, -0.15) is 0 Å². The summed E-state index contributed by atoms with van der Waals surface area (Å²) in [5, 5.41) is 8.93. The van der Waals surface area contributed by atoms with Crippen molar-refractivity contribution in [2.75, 3.05) is 25.4 Å². The molecule has 94 valence electrons. The highest BCUT2D eigenvalue weighted by Gasteiger charge is 2.16. The Balaban J connectivity index is 2.72. The van der Waals surface area contributed by atoms with Crippen molar-refractivity contribution in [3.63, 3.8) is 0 Å². The van der Waals surface area contributed by atoms with E-state index >= 15 is 0 Å². The largest absolute Gasteiger partial charge is 0.395 e. The number of aliphatic hydroxyl groups excluding tert-OH is 1. The number of aliphatic hydroxyl groups is 1. The average molecular weight is 238 g/mol. The molecular formula is C11H18N4O2. The molecule has 0 aliphatic rings. The molecule has 0 spiro atoms. The molecule has 1 aromatic rings. The molecule has 0 unspecified atom stereocenters. The molecule has 0 aromatic carbocycles. The van der Waals surface area contributed by atoms with Gasteiger partial charge in [0.1, 0.15) is 11.5 Å². The van der Waals surface area contributed by atoms with E-state index in [1.807, 2.05) is 6.92 Å². The number of rotatable bonds is 6. The van der Waals surface area contributed by atoms with Crippen LogP contribution in [0.3, 0.4) is 0 Å². The summed E-state index contributed by atoms with van der Waals surface area (Å²) in [6.07, 6.45) is 4.59. The van der Waals surface area contributed by atoms with Gasteiger partial charge in [-0.25, -0.2) is 9.97 Å². The Labute approximate surface area is 100 Å². The lowest BCUT2D eigenvalue weighted by atomic mass is 10.3. The average Bonchev–Trinajstić information content (AvgIpc) is 2.34. The molecule has 0 saturated heterocycles. The SMILES string of the molecule is CCCCN(CCO)C(=O)c1cnc(N)cn1. The first-order valence-corrected chi connectivity index (χ1v) is 5.66. The van der Waals surface area contributed by atoms with Gasteiger partial charge in [-0.3, -0.25) is 4.79 Å². The van der Waals surface area contributed by atoms with Crippen LogP contribution in [-0.2, 0) is 0 Å². The maximum absolute atomic E-state index is 12.0. The second-order valence-electron chi connectivity index (χ2n) is 3.70. The van der Waals surface area contributed by atoms with Gasteiger partial charge in [0.05, 0.1) is 19.0 Å². The number of nitrogens with zero attached hydrogens (tertiary/aromatic N) is 3. The van der Waals surface area contributed by atoms with Crippen LogP contribution >= 0.6 is 0 Å². The third-order valence-corrected chi connectivity index (χ3v) is 2.33. The summed E-state index contributed by atoms with van der Waals surface area (Å²) >= 11 is 0. The highest BCUT2D eigenvalue weighted by molar-refractivity contribution is 5.92. The molecule has 1 heterocycles. The number of nitrogen functional groups attached to an aromatic ring is 1. The van der Waals surface area contributed by atoms with E-state index < -0.39 is 0 Å². The van der Waals surface area contributed by atoms with Crippen LogP contribution in [0.5, 0.6) is 0 Å². The van der Waals surface area contributed by atoms with Gasteiger partial charge in [-0.05, 0) is 6.42 Å². The topological polar surface area (TPSA) is 92.3 Å². The Morgan fingerprint density at radius 3 is 2.71 bits per heavy atom. The number of anilines is 1. The summed E-state index contributed by atoms with van der Waals surface area (Å²) in [5.74, 6) is 0.0591. The van der Waals surface area contributed by atoms with Gasteiger partial charge in [0.25, 0.3) is 5.91 Å². The summed E-state index contributed by atoms with van der Waals surface area (Å²) in [6.45, 7) is 2.91. The summed E-state index contributed by atoms with van der Waals surface area (Å²) < 4.78 is 0. The van der Waals surface area contributed by atoms with E-state index in [2.05, 4.69) is 9.97 Å². The molecule has 17 heavy (non-hydrogen) atoms. The molecule has 0 atom stereocenters. The van der Waals surface area contributed by atoms with Gasteiger partial charge < -0.3 is 15.7 Å². The van der Waals surface area contributed by atoms with Crippen LogP contribution in [0.2, 0.25) is 0 Å². The number of amides is 1. The molecular weight excluding hydrogens is 220 g/mol. The zero-order valence-corrected chi connectivity index (χ0v) is 9.96. The molecule has 0 radical (unpaired) electrons. The van der Waals surface area contributed by atoms with E-state index in [0.29, 0.717) is 13.1 Å². The third kappa shape index (κ3) is 3.99. The minimum Gasteiger partial charge on any atom is -0.395 e. The Bertz CT molecular complexity index is 353. The van der Waals surface area contributed by atoms with Crippen molar-refractivity contribution in [1.29, 1.82) is 0 Å². The highest BCUT2D eigenvalue weighted by Crippen LogP contribution is 2.04. The number of carbonyl (C=O) groups excluding carboxylic acids is 1. The molecule has 0 aliphatic carbocycles. The number of aromatic nitrogens is 2. The summed E-state index contributed by atoms with van der Waals surface area (Å²) in [7, 11) is 0. The van der Waals surface area contributed by atoms with Crippen molar-refractivity contribution < 1.29 is 9.90 Å². The van der Waals surface area contributed by atoms with Crippen LogP contribution in [0.15, 0.2) is 12.4 Å². The molecule has 3 N–H and O–H groups in total. The standard InChI is InChI=1S/C11H18N4O2/c1-2-3-4-15(5-6-16)11(17)9-7-14-10(12)8-13-9/h7-8,16H,2-6H2,1H3,(H2,12,14). The smallest absolute Gasteiger partial charge is 0.274 e. The molecule has 1 aromatic heterocycles. The molecule has 1 amide bonds. The molecule has 0 saturated carbocycles. The van der Waals surface area contributed by atoms with Gasteiger partial charge in [0, 0.05) is 13.1 Å². The predicted octanol–water partition coefficient (Wildman–Crippen LogP) is 0.293. The van der Waals surface area contributed by atoms with Gasteiger partial charge in [-0.15, -0.1) is 0 Å². The first kappa shape index (κ1) is 13.4.